The Bertz CT molecular complexity index is 943. The Morgan fingerprint density at radius 3 is 2.52 bits per heavy atom. The van der Waals surface area contributed by atoms with Crippen LogP contribution >= 0.6 is 0 Å². The number of hydrogen-bond donors (Lipinski definition) is 0. The summed E-state index contributed by atoms with van der Waals surface area (Å²) in [4.78, 5) is 31.1. The van der Waals surface area contributed by atoms with E-state index in [0.717, 1.165) is 24.9 Å². The van der Waals surface area contributed by atoms with Crippen molar-refractivity contribution >= 4 is 11.7 Å². The second-order valence-corrected chi connectivity index (χ2v) is 9.21. The molecule has 0 radical (unpaired) electrons. The van der Waals surface area contributed by atoms with Crippen LogP contribution in [-0.4, -0.2) is 82.2 Å². The summed E-state index contributed by atoms with van der Waals surface area (Å²) < 4.78 is 22.7. The van der Waals surface area contributed by atoms with Gasteiger partial charge in [0.1, 0.15) is 6.10 Å². The Balaban J connectivity index is 1.72. The topological polar surface area (TPSA) is 77.5 Å². The van der Waals surface area contributed by atoms with Gasteiger partial charge in [-0.15, -0.1) is 0 Å². The van der Waals surface area contributed by atoms with Crippen molar-refractivity contribution in [2.75, 3.05) is 48.5 Å². The van der Waals surface area contributed by atoms with Crippen LogP contribution in [0.4, 0.5) is 0 Å². The van der Waals surface area contributed by atoms with Gasteiger partial charge in [-0.05, 0) is 57.6 Å². The molecule has 2 heterocycles. The van der Waals surface area contributed by atoms with E-state index in [-0.39, 0.29) is 35.6 Å². The second kappa shape index (κ2) is 9.73. The van der Waals surface area contributed by atoms with Crippen LogP contribution in [0.1, 0.15) is 37.3 Å². The van der Waals surface area contributed by atoms with Gasteiger partial charge in [-0.1, -0.05) is 6.07 Å². The van der Waals surface area contributed by atoms with Crippen molar-refractivity contribution in [2.45, 2.75) is 43.9 Å². The van der Waals surface area contributed by atoms with Gasteiger partial charge >= 0.3 is 0 Å². The number of rotatable bonds is 8. The summed E-state index contributed by atoms with van der Waals surface area (Å²) in [5, 5.41) is 0. The zero-order chi connectivity index (χ0) is 23.7. The summed E-state index contributed by atoms with van der Waals surface area (Å²) in [5.74, 6) is 0.944. The van der Waals surface area contributed by atoms with Gasteiger partial charge < -0.3 is 28.7 Å². The fourth-order valence-electron chi connectivity index (χ4n) is 5.25. The first-order valence-corrected chi connectivity index (χ1v) is 11.5. The average molecular weight is 459 g/mol. The number of Topliss-reactive ketones (excluding diaryl/α,β-unsaturated/α-hetero) is 1. The van der Waals surface area contributed by atoms with E-state index >= 15 is 0 Å². The fourth-order valence-corrected chi connectivity index (χ4v) is 5.25. The number of methoxy groups -OCH3 is 3. The predicted molar refractivity (Wildman–Crippen MR) is 122 cm³/mol. The maximum atomic E-state index is 13.7. The van der Waals surface area contributed by atoms with Crippen molar-refractivity contribution in [3.63, 3.8) is 0 Å². The summed E-state index contributed by atoms with van der Waals surface area (Å²) in [6, 6.07) is 5.07. The number of amides is 1. The van der Waals surface area contributed by atoms with Crippen LogP contribution in [-0.2, 0) is 19.1 Å². The number of carbonyl (C=O) groups excluding carboxylic acids is 2. The summed E-state index contributed by atoms with van der Waals surface area (Å²) in [7, 11) is 8.85. The lowest BCUT2D eigenvalue weighted by Crippen LogP contribution is -2.43. The summed E-state index contributed by atoms with van der Waals surface area (Å²) in [6.07, 6.45) is 2.67. The molecule has 3 aliphatic rings. The highest BCUT2D eigenvalue weighted by Crippen LogP contribution is 2.48. The van der Waals surface area contributed by atoms with Gasteiger partial charge in [-0.3, -0.25) is 9.59 Å². The zero-order valence-electron chi connectivity index (χ0n) is 20.1. The monoisotopic (exact) mass is 458 g/mol. The van der Waals surface area contributed by atoms with Gasteiger partial charge in [-0.25, -0.2) is 0 Å². The van der Waals surface area contributed by atoms with E-state index in [2.05, 4.69) is 4.90 Å². The molecule has 1 aromatic carbocycles. The molecule has 180 valence electrons. The van der Waals surface area contributed by atoms with E-state index < -0.39 is 6.04 Å². The molecule has 1 fully saturated rings. The van der Waals surface area contributed by atoms with Gasteiger partial charge in [0.15, 0.2) is 23.0 Å². The Kier molecular flexibility index (Phi) is 6.95. The van der Waals surface area contributed by atoms with Crippen LogP contribution in [0.2, 0.25) is 0 Å². The lowest BCUT2D eigenvalue weighted by atomic mass is 9.76. The molecular weight excluding hydrogens is 424 g/mol. The minimum Gasteiger partial charge on any atom is -0.493 e. The van der Waals surface area contributed by atoms with Crippen LogP contribution in [0, 0.1) is 5.92 Å². The summed E-state index contributed by atoms with van der Waals surface area (Å²) in [6.45, 7) is 1.36. The van der Waals surface area contributed by atoms with Crippen molar-refractivity contribution in [1.82, 2.24) is 9.80 Å². The molecule has 0 bridgehead atoms. The van der Waals surface area contributed by atoms with Gasteiger partial charge in [0.05, 0.1) is 37.9 Å². The third-order valence-electron chi connectivity index (χ3n) is 6.96. The zero-order valence-corrected chi connectivity index (χ0v) is 20.1. The molecule has 33 heavy (non-hydrogen) atoms. The van der Waals surface area contributed by atoms with Gasteiger partial charge in [0.25, 0.3) is 5.91 Å². The Morgan fingerprint density at radius 2 is 1.85 bits per heavy atom. The van der Waals surface area contributed by atoms with Crippen molar-refractivity contribution < 1.29 is 28.5 Å². The molecule has 1 saturated carbocycles. The molecule has 8 nitrogen and oxygen atoms in total. The predicted octanol–water partition coefficient (Wildman–Crippen LogP) is 2.58. The maximum Gasteiger partial charge on any atom is 0.290 e. The van der Waals surface area contributed by atoms with Crippen molar-refractivity contribution in [3.8, 4) is 11.5 Å². The molecule has 1 amide bonds. The summed E-state index contributed by atoms with van der Waals surface area (Å²) in [5.41, 5.74) is 1.30. The van der Waals surface area contributed by atoms with Crippen LogP contribution < -0.4 is 9.47 Å². The van der Waals surface area contributed by atoms with Gasteiger partial charge in [-0.2, -0.15) is 0 Å². The van der Waals surface area contributed by atoms with E-state index in [1.807, 2.05) is 32.3 Å². The number of carbonyl (C=O) groups is 2. The number of fused-ring (bicyclic) bond motifs is 1. The minimum atomic E-state index is -0.497. The second-order valence-electron chi connectivity index (χ2n) is 9.21. The minimum absolute atomic E-state index is 0.0269. The van der Waals surface area contributed by atoms with Crippen molar-refractivity contribution in [1.29, 1.82) is 0 Å². The molecule has 0 saturated heterocycles. The first-order chi connectivity index (χ1) is 15.9. The fraction of sp³-hybridized carbons (Fsp3) is 0.600. The van der Waals surface area contributed by atoms with E-state index in [0.29, 0.717) is 36.5 Å². The van der Waals surface area contributed by atoms with Crippen LogP contribution in [0.25, 0.3) is 0 Å². The lowest BCUT2D eigenvalue weighted by molar-refractivity contribution is -0.138. The molecule has 4 atom stereocenters. The molecule has 4 unspecified atom stereocenters. The number of benzene rings is 1. The molecule has 0 aromatic heterocycles. The third-order valence-corrected chi connectivity index (χ3v) is 6.96. The van der Waals surface area contributed by atoms with Crippen LogP contribution in [0.3, 0.4) is 0 Å². The van der Waals surface area contributed by atoms with E-state index in [9.17, 15) is 9.59 Å². The van der Waals surface area contributed by atoms with E-state index in [1.54, 1.807) is 26.2 Å². The van der Waals surface area contributed by atoms with Crippen molar-refractivity contribution in [3.05, 3.63) is 35.1 Å². The quantitative estimate of drug-likeness (QED) is 0.593. The molecule has 2 aliphatic heterocycles. The van der Waals surface area contributed by atoms with Crippen LogP contribution in [0.15, 0.2) is 29.5 Å². The molecule has 4 rings (SSSR count). The lowest BCUT2D eigenvalue weighted by Gasteiger charge is -2.38. The molecular formula is C25H34N2O6. The smallest absolute Gasteiger partial charge is 0.290 e. The van der Waals surface area contributed by atoms with Crippen molar-refractivity contribution in [2.24, 2.45) is 5.92 Å². The largest absolute Gasteiger partial charge is 0.493 e. The summed E-state index contributed by atoms with van der Waals surface area (Å²) >= 11 is 0. The highest BCUT2D eigenvalue weighted by atomic mass is 16.5. The van der Waals surface area contributed by atoms with Gasteiger partial charge in [0, 0.05) is 20.1 Å². The number of ketones is 1. The normalized spacial score (nSPS) is 26.9. The average Bonchev–Trinajstić information content (AvgIpc) is 3.09. The van der Waals surface area contributed by atoms with Gasteiger partial charge in [0.2, 0.25) is 0 Å². The molecule has 8 heteroatoms. The Labute approximate surface area is 195 Å². The first kappa shape index (κ1) is 23.6. The number of nitrogens with zero attached hydrogens (tertiary/aromatic N) is 2. The number of ether oxygens (including phenoxy) is 4. The molecule has 1 aromatic rings. The number of hydrogen-bond acceptors (Lipinski definition) is 7. The standard InChI is InChI=1S/C25H34N2O6/c1-26(2)11-6-12-27-22(15-7-10-18(31-4)20(13-15)32-5)21-23(28)17-9-8-16(30-3)14-19(17)33-24(21)25(27)29/h7,10,13,16-17,19,22H,6,8-9,11-12,14H2,1-5H3. The van der Waals surface area contributed by atoms with E-state index in [4.69, 9.17) is 18.9 Å². The SMILES string of the molecule is COc1ccc(C2C3=C(OC4CC(OC)CCC4C3=O)C(=O)N2CCCN(C)C)cc1OC. The van der Waals surface area contributed by atoms with Crippen LogP contribution in [0.5, 0.6) is 11.5 Å². The highest BCUT2D eigenvalue weighted by Gasteiger charge is 2.52. The Hall–Kier alpha value is -2.58. The van der Waals surface area contributed by atoms with E-state index in [1.165, 1.54) is 0 Å². The highest BCUT2D eigenvalue weighted by molar-refractivity contribution is 6.11. The Morgan fingerprint density at radius 1 is 1.09 bits per heavy atom. The maximum absolute atomic E-state index is 13.7. The third kappa shape index (κ3) is 4.34. The molecule has 0 N–H and O–H groups in total. The first-order valence-electron chi connectivity index (χ1n) is 11.5. The molecule has 0 spiro atoms. The molecule has 1 aliphatic carbocycles.